The summed E-state index contributed by atoms with van der Waals surface area (Å²) in [6.07, 6.45) is 67.4. The minimum Gasteiger partial charge on any atom is -0.462 e. The Kier molecular flexibility index (Phi) is 58.1. The molecule has 0 aromatic heterocycles. The number of carbonyl (C=O) groups excluding carboxylic acids is 3. The summed E-state index contributed by atoms with van der Waals surface area (Å²) in [6.45, 7) is 4.55. The van der Waals surface area contributed by atoms with Crippen molar-refractivity contribution in [3.05, 3.63) is 60.8 Å². The molecule has 0 bridgehead atoms. The summed E-state index contributed by atoms with van der Waals surface area (Å²) >= 11 is 0. The summed E-state index contributed by atoms with van der Waals surface area (Å²) in [6, 6.07) is 0. The molecule has 0 saturated heterocycles. The quantitative estimate of drug-likeness (QED) is 0.0197. The van der Waals surface area contributed by atoms with E-state index in [1.165, 1.54) is 141 Å². The first-order valence-corrected chi connectivity index (χ1v) is 33.7. The maximum atomic E-state index is 13.0. The third-order valence-corrected chi connectivity index (χ3v) is 14.9. The molecule has 11 nitrogen and oxygen atoms in total. The largest absolute Gasteiger partial charge is 0.472 e. The summed E-state index contributed by atoms with van der Waals surface area (Å²) in [7, 11) is -4.76. The van der Waals surface area contributed by atoms with Gasteiger partial charge in [0.05, 0.1) is 19.8 Å². The zero-order chi connectivity index (χ0) is 56.9. The lowest BCUT2D eigenvalue weighted by Gasteiger charge is -2.21. The second-order valence-electron chi connectivity index (χ2n) is 21.6. The lowest BCUT2D eigenvalue weighted by atomic mass is 10.0. The SMILES string of the molecule is CC/C=C\C/C=C\C/C=C\C/C=C\CCCCCCC(=O)OCC(COP(=O)(O)OCC(CO)OC(=O)CCCCCCCCCCCCCCCCCCC)OC(=O)CCCCCCCCC/C=C\CCCCCCCC. The van der Waals surface area contributed by atoms with E-state index in [4.69, 9.17) is 23.3 Å². The first kappa shape index (κ1) is 75.2. The van der Waals surface area contributed by atoms with Crippen LogP contribution in [0.2, 0.25) is 0 Å². The summed E-state index contributed by atoms with van der Waals surface area (Å²) in [4.78, 5) is 48.7. The molecule has 0 aliphatic rings. The van der Waals surface area contributed by atoms with Crippen molar-refractivity contribution >= 4 is 25.7 Å². The molecule has 0 aliphatic heterocycles. The Labute approximate surface area is 478 Å². The minimum absolute atomic E-state index is 0.158. The Morgan fingerprint density at radius 2 is 0.667 bits per heavy atom. The third-order valence-electron chi connectivity index (χ3n) is 13.9. The third kappa shape index (κ3) is 57.9. The van der Waals surface area contributed by atoms with Gasteiger partial charge in [-0.3, -0.25) is 23.4 Å². The maximum absolute atomic E-state index is 13.0. The highest BCUT2D eigenvalue weighted by Gasteiger charge is 2.28. The number of rotatable bonds is 60. The number of hydrogen-bond acceptors (Lipinski definition) is 10. The Morgan fingerprint density at radius 1 is 0.372 bits per heavy atom. The molecule has 0 radical (unpaired) electrons. The van der Waals surface area contributed by atoms with Gasteiger partial charge in [0.1, 0.15) is 12.7 Å². The number of aliphatic hydroxyl groups is 1. The van der Waals surface area contributed by atoms with Crippen molar-refractivity contribution < 1.29 is 52.2 Å². The monoisotopic (exact) mass is 1120 g/mol. The number of aliphatic hydroxyl groups excluding tert-OH is 1. The van der Waals surface area contributed by atoms with Crippen molar-refractivity contribution in [1.82, 2.24) is 0 Å². The second kappa shape index (κ2) is 60.3. The van der Waals surface area contributed by atoms with E-state index in [0.717, 1.165) is 103 Å². The molecule has 0 fully saturated rings. The van der Waals surface area contributed by atoms with Crippen molar-refractivity contribution in [3.63, 3.8) is 0 Å². The van der Waals surface area contributed by atoms with Crippen LogP contribution in [0.3, 0.4) is 0 Å². The zero-order valence-electron chi connectivity index (χ0n) is 50.4. The van der Waals surface area contributed by atoms with Gasteiger partial charge in [-0.1, -0.05) is 261 Å². The van der Waals surface area contributed by atoms with Crippen LogP contribution in [0.5, 0.6) is 0 Å². The first-order chi connectivity index (χ1) is 38.2. The van der Waals surface area contributed by atoms with Crippen LogP contribution >= 0.6 is 7.82 Å². The smallest absolute Gasteiger partial charge is 0.462 e. The molecule has 0 saturated carbocycles. The van der Waals surface area contributed by atoms with Crippen LogP contribution in [0, 0.1) is 0 Å². The van der Waals surface area contributed by atoms with E-state index >= 15 is 0 Å². The average molecular weight is 1120 g/mol. The number of allylic oxidation sites excluding steroid dienone is 10. The number of phosphoric ester groups is 1. The number of hydrogen-bond donors (Lipinski definition) is 2. The van der Waals surface area contributed by atoms with Gasteiger partial charge in [-0.25, -0.2) is 4.57 Å². The molecule has 12 heteroatoms. The normalized spacial score (nSPS) is 13.7. The van der Waals surface area contributed by atoms with Crippen molar-refractivity contribution in [2.45, 2.75) is 315 Å². The topological polar surface area (TPSA) is 155 Å². The number of unbranched alkanes of at least 4 members (excludes halogenated alkanes) is 33. The molecule has 78 heavy (non-hydrogen) atoms. The molecule has 0 rings (SSSR count). The number of carbonyl (C=O) groups is 3. The van der Waals surface area contributed by atoms with Gasteiger partial charge in [0, 0.05) is 19.3 Å². The average Bonchev–Trinajstić information content (AvgIpc) is 3.43. The van der Waals surface area contributed by atoms with E-state index in [9.17, 15) is 28.9 Å². The van der Waals surface area contributed by atoms with Gasteiger partial charge >= 0.3 is 25.7 Å². The molecule has 0 aromatic carbocycles. The predicted molar refractivity (Wildman–Crippen MR) is 325 cm³/mol. The summed E-state index contributed by atoms with van der Waals surface area (Å²) in [5.74, 6) is -1.48. The fourth-order valence-electron chi connectivity index (χ4n) is 9.05. The van der Waals surface area contributed by atoms with E-state index in [1.54, 1.807) is 0 Å². The van der Waals surface area contributed by atoms with E-state index in [0.29, 0.717) is 19.3 Å². The standard InChI is InChI=1S/C66H119O11P/c1-4-7-10-13-16-19-22-25-28-31-34-37-40-43-46-49-52-55-64(68)73-59-63(77-66(70)57-54-51-48-45-42-39-36-33-30-27-24-21-18-15-12-9-6-3)61-75-78(71,72)74-60-62(58-67)76-65(69)56-53-50-47-44-41-38-35-32-29-26-23-20-17-14-11-8-5-2/h7,10,16,19,25,27-28,30,34,37,62-63,67H,4-6,8-9,11-15,17-18,20-24,26,29,31-33,35-36,38-61H2,1-3H3,(H,71,72)/b10-7-,19-16-,28-25-,30-27-,37-34-. The number of ether oxygens (including phenoxy) is 3. The molecule has 0 spiro atoms. The van der Waals surface area contributed by atoms with Crippen LogP contribution in [0.15, 0.2) is 60.8 Å². The summed E-state index contributed by atoms with van der Waals surface area (Å²) in [5.41, 5.74) is 0. The number of esters is 3. The molecule has 3 unspecified atom stereocenters. The van der Waals surface area contributed by atoms with E-state index in [1.807, 2.05) is 0 Å². The molecular formula is C66H119O11P. The van der Waals surface area contributed by atoms with Crippen LogP contribution in [0.25, 0.3) is 0 Å². The highest BCUT2D eigenvalue weighted by molar-refractivity contribution is 7.47. The van der Waals surface area contributed by atoms with Crippen LogP contribution in [0.4, 0.5) is 0 Å². The second-order valence-corrected chi connectivity index (χ2v) is 23.0. The zero-order valence-corrected chi connectivity index (χ0v) is 51.3. The van der Waals surface area contributed by atoms with Crippen molar-refractivity contribution in [2.24, 2.45) is 0 Å². The van der Waals surface area contributed by atoms with Crippen molar-refractivity contribution in [1.29, 1.82) is 0 Å². The van der Waals surface area contributed by atoms with Gasteiger partial charge in [0.2, 0.25) is 0 Å². The molecule has 0 aliphatic carbocycles. The molecule has 3 atom stereocenters. The van der Waals surface area contributed by atoms with Gasteiger partial charge in [-0.2, -0.15) is 0 Å². The van der Waals surface area contributed by atoms with Gasteiger partial charge < -0.3 is 24.2 Å². The lowest BCUT2D eigenvalue weighted by Crippen LogP contribution is -2.30. The maximum Gasteiger partial charge on any atom is 0.472 e. The molecule has 0 heterocycles. The molecule has 2 N–H and O–H groups in total. The lowest BCUT2D eigenvalue weighted by molar-refractivity contribution is -0.161. The van der Waals surface area contributed by atoms with Crippen LogP contribution < -0.4 is 0 Å². The van der Waals surface area contributed by atoms with Gasteiger partial charge in [-0.15, -0.1) is 0 Å². The van der Waals surface area contributed by atoms with Crippen LogP contribution in [-0.2, 0) is 42.2 Å². The fraction of sp³-hybridized carbons (Fsp3) is 0.803. The van der Waals surface area contributed by atoms with Gasteiger partial charge in [0.15, 0.2) is 6.10 Å². The molecule has 454 valence electrons. The summed E-state index contributed by atoms with van der Waals surface area (Å²) < 4.78 is 39.7. The van der Waals surface area contributed by atoms with E-state index < -0.39 is 57.8 Å². The highest BCUT2D eigenvalue weighted by atomic mass is 31.2. The summed E-state index contributed by atoms with van der Waals surface area (Å²) in [5, 5.41) is 9.85. The first-order valence-electron chi connectivity index (χ1n) is 32.2. The van der Waals surface area contributed by atoms with Crippen molar-refractivity contribution in [2.75, 3.05) is 26.4 Å². The Balaban J connectivity index is 4.70. The molecule has 0 aromatic rings. The van der Waals surface area contributed by atoms with E-state index in [-0.39, 0.29) is 25.9 Å². The molecule has 0 amide bonds. The molecular weight excluding hydrogens is 1000 g/mol. The fourth-order valence-corrected chi connectivity index (χ4v) is 9.83. The van der Waals surface area contributed by atoms with Crippen molar-refractivity contribution in [3.8, 4) is 0 Å². The Bertz CT molecular complexity index is 1540. The Morgan fingerprint density at radius 3 is 1.04 bits per heavy atom. The highest BCUT2D eigenvalue weighted by Crippen LogP contribution is 2.43. The van der Waals surface area contributed by atoms with Crippen LogP contribution in [-0.4, -0.2) is 66.5 Å². The van der Waals surface area contributed by atoms with Gasteiger partial charge in [0.25, 0.3) is 0 Å². The Hall–Kier alpha value is -2.82. The predicted octanol–water partition coefficient (Wildman–Crippen LogP) is 19.5. The van der Waals surface area contributed by atoms with Crippen LogP contribution in [0.1, 0.15) is 303 Å². The number of phosphoric acid groups is 1. The minimum atomic E-state index is -4.76. The van der Waals surface area contributed by atoms with Gasteiger partial charge in [-0.05, 0) is 83.5 Å². The van der Waals surface area contributed by atoms with E-state index in [2.05, 4.69) is 81.5 Å².